The van der Waals surface area contributed by atoms with Crippen LogP contribution in [-0.4, -0.2) is 7.11 Å². The Hall–Kier alpha value is -0.930. The van der Waals surface area contributed by atoms with Crippen LogP contribution in [0.25, 0.3) is 0 Å². The minimum Gasteiger partial charge on any atom is -0.497 e. The molecule has 0 saturated carbocycles. The molecular formula is C13H12BrClO2. The third-order valence-electron chi connectivity index (χ3n) is 2.59. The molecule has 1 unspecified atom stereocenters. The van der Waals surface area contributed by atoms with Crippen molar-refractivity contribution < 1.29 is 9.15 Å². The molecule has 0 aliphatic rings. The van der Waals surface area contributed by atoms with Gasteiger partial charge < -0.3 is 9.15 Å². The molecule has 0 N–H and O–H groups in total. The average Bonchev–Trinajstić information content (AvgIpc) is 2.75. The Labute approximate surface area is 114 Å². The van der Waals surface area contributed by atoms with Gasteiger partial charge in [-0.25, -0.2) is 0 Å². The van der Waals surface area contributed by atoms with Gasteiger partial charge in [0.05, 0.1) is 7.11 Å². The molecule has 0 aliphatic heterocycles. The zero-order chi connectivity index (χ0) is 12.4. The zero-order valence-electron chi connectivity index (χ0n) is 9.54. The lowest BCUT2D eigenvalue weighted by Crippen LogP contribution is -1.95. The molecule has 1 atom stereocenters. The van der Waals surface area contributed by atoms with E-state index in [0.717, 1.165) is 22.6 Å². The molecule has 0 fully saturated rings. The van der Waals surface area contributed by atoms with Gasteiger partial charge in [0.1, 0.15) is 16.9 Å². The number of aryl methyl sites for hydroxylation is 1. The van der Waals surface area contributed by atoms with E-state index in [-0.39, 0.29) is 5.38 Å². The summed E-state index contributed by atoms with van der Waals surface area (Å²) in [6.45, 7) is 2.01. The smallest absolute Gasteiger partial charge is 0.169 e. The molecule has 0 saturated heterocycles. The van der Waals surface area contributed by atoms with Gasteiger partial charge in [0.15, 0.2) is 4.67 Å². The first-order valence-electron chi connectivity index (χ1n) is 5.15. The van der Waals surface area contributed by atoms with E-state index in [0.29, 0.717) is 4.67 Å². The fraction of sp³-hybridized carbons (Fsp3) is 0.231. The fourth-order valence-corrected chi connectivity index (χ4v) is 2.36. The molecule has 4 heteroatoms. The quantitative estimate of drug-likeness (QED) is 0.767. The fourth-order valence-electron chi connectivity index (χ4n) is 1.68. The normalized spacial score (nSPS) is 12.5. The molecule has 1 heterocycles. The molecule has 0 bridgehead atoms. The van der Waals surface area contributed by atoms with Gasteiger partial charge >= 0.3 is 0 Å². The van der Waals surface area contributed by atoms with Crippen molar-refractivity contribution in [2.75, 3.05) is 7.11 Å². The van der Waals surface area contributed by atoms with Crippen LogP contribution in [0.5, 0.6) is 5.75 Å². The van der Waals surface area contributed by atoms with Crippen LogP contribution in [-0.2, 0) is 0 Å². The monoisotopic (exact) mass is 314 g/mol. The van der Waals surface area contributed by atoms with Gasteiger partial charge in [0, 0.05) is 0 Å². The summed E-state index contributed by atoms with van der Waals surface area (Å²) in [4.78, 5) is 0. The molecule has 0 radical (unpaired) electrons. The van der Waals surface area contributed by atoms with Crippen LogP contribution >= 0.6 is 27.5 Å². The number of furan rings is 1. The van der Waals surface area contributed by atoms with Crippen LogP contribution < -0.4 is 4.74 Å². The van der Waals surface area contributed by atoms with Crippen LogP contribution in [0.1, 0.15) is 22.3 Å². The zero-order valence-corrected chi connectivity index (χ0v) is 11.9. The number of methoxy groups -OCH3 is 1. The molecule has 2 rings (SSSR count). The Kier molecular flexibility index (Phi) is 3.79. The summed E-state index contributed by atoms with van der Waals surface area (Å²) in [5.41, 5.74) is 2.10. The van der Waals surface area contributed by atoms with E-state index in [1.54, 1.807) is 7.11 Å². The van der Waals surface area contributed by atoms with Crippen LogP contribution in [0.4, 0.5) is 0 Å². The second-order valence-electron chi connectivity index (χ2n) is 3.73. The Balaban J connectivity index is 2.34. The van der Waals surface area contributed by atoms with E-state index < -0.39 is 0 Å². The molecule has 0 amide bonds. The molecule has 1 aromatic heterocycles. The lowest BCUT2D eigenvalue weighted by molar-refractivity contribution is 0.414. The first-order chi connectivity index (χ1) is 8.11. The molecule has 1 aromatic carbocycles. The topological polar surface area (TPSA) is 22.4 Å². The number of ether oxygens (including phenoxy) is 1. The van der Waals surface area contributed by atoms with Crippen molar-refractivity contribution in [3.05, 3.63) is 51.9 Å². The van der Waals surface area contributed by atoms with Crippen molar-refractivity contribution in [3.8, 4) is 5.75 Å². The Morgan fingerprint density at radius 1 is 1.29 bits per heavy atom. The molecule has 0 aliphatic carbocycles. The predicted octanol–water partition coefficient (Wildman–Crippen LogP) is 4.69. The minimum absolute atomic E-state index is 0.285. The maximum absolute atomic E-state index is 6.39. The molecule has 2 nitrogen and oxygen atoms in total. The summed E-state index contributed by atoms with van der Waals surface area (Å²) in [7, 11) is 1.65. The number of halogens is 2. The van der Waals surface area contributed by atoms with Gasteiger partial charge in [-0.15, -0.1) is 11.6 Å². The highest BCUT2D eigenvalue weighted by Crippen LogP contribution is 2.34. The number of alkyl halides is 1. The van der Waals surface area contributed by atoms with E-state index in [9.17, 15) is 0 Å². The summed E-state index contributed by atoms with van der Waals surface area (Å²) in [6, 6.07) is 9.52. The van der Waals surface area contributed by atoms with Gasteiger partial charge in [-0.1, -0.05) is 6.07 Å². The summed E-state index contributed by atoms with van der Waals surface area (Å²) >= 11 is 9.66. The Morgan fingerprint density at radius 3 is 2.59 bits per heavy atom. The highest BCUT2D eigenvalue weighted by atomic mass is 79.9. The van der Waals surface area contributed by atoms with Crippen LogP contribution in [0.2, 0.25) is 0 Å². The van der Waals surface area contributed by atoms with Crippen molar-refractivity contribution in [1.82, 2.24) is 0 Å². The third-order valence-corrected chi connectivity index (χ3v) is 3.47. The largest absolute Gasteiger partial charge is 0.497 e. The standard InChI is InChI=1S/C13H12BrClO2/c1-8-7-9(16-2)3-4-10(8)13(15)11-5-6-12(14)17-11/h3-7,13H,1-2H3. The first-order valence-corrected chi connectivity index (χ1v) is 6.38. The van der Waals surface area contributed by atoms with Crippen molar-refractivity contribution in [2.24, 2.45) is 0 Å². The van der Waals surface area contributed by atoms with Crippen molar-refractivity contribution >= 4 is 27.5 Å². The lowest BCUT2D eigenvalue weighted by Gasteiger charge is -2.11. The molecule has 2 aromatic rings. The number of rotatable bonds is 3. The van der Waals surface area contributed by atoms with E-state index in [1.807, 2.05) is 37.3 Å². The van der Waals surface area contributed by atoms with Gasteiger partial charge in [-0.3, -0.25) is 0 Å². The molecule has 17 heavy (non-hydrogen) atoms. The van der Waals surface area contributed by atoms with Crippen molar-refractivity contribution in [1.29, 1.82) is 0 Å². The number of hydrogen-bond acceptors (Lipinski definition) is 2. The molecular weight excluding hydrogens is 303 g/mol. The van der Waals surface area contributed by atoms with E-state index in [1.165, 1.54) is 0 Å². The first kappa shape index (κ1) is 12.5. The summed E-state index contributed by atoms with van der Waals surface area (Å²) < 4.78 is 11.3. The maximum atomic E-state index is 6.39. The van der Waals surface area contributed by atoms with E-state index in [2.05, 4.69) is 15.9 Å². The molecule has 0 spiro atoms. The van der Waals surface area contributed by atoms with E-state index in [4.69, 9.17) is 20.8 Å². The van der Waals surface area contributed by atoms with Crippen LogP contribution in [0, 0.1) is 6.92 Å². The third kappa shape index (κ3) is 2.67. The number of hydrogen-bond donors (Lipinski definition) is 0. The summed E-state index contributed by atoms with van der Waals surface area (Å²) in [5, 5.41) is -0.285. The van der Waals surface area contributed by atoms with Crippen LogP contribution in [0.15, 0.2) is 39.4 Å². The lowest BCUT2D eigenvalue weighted by atomic mass is 10.0. The van der Waals surface area contributed by atoms with Gasteiger partial charge in [-0.2, -0.15) is 0 Å². The van der Waals surface area contributed by atoms with Gasteiger partial charge in [0.25, 0.3) is 0 Å². The highest BCUT2D eigenvalue weighted by Gasteiger charge is 2.17. The minimum atomic E-state index is -0.285. The summed E-state index contributed by atoms with van der Waals surface area (Å²) in [5.74, 6) is 1.56. The second kappa shape index (κ2) is 5.15. The van der Waals surface area contributed by atoms with Crippen LogP contribution in [0.3, 0.4) is 0 Å². The van der Waals surface area contributed by atoms with Gasteiger partial charge in [0.2, 0.25) is 0 Å². The number of benzene rings is 1. The average molecular weight is 316 g/mol. The molecule has 90 valence electrons. The predicted molar refractivity (Wildman–Crippen MR) is 71.8 cm³/mol. The Bertz CT molecular complexity index is 522. The van der Waals surface area contributed by atoms with Crippen molar-refractivity contribution in [3.63, 3.8) is 0 Å². The SMILES string of the molecule is COc1ccc(C(Cl)c2ccc(Br)o2)c(C)c1. The van der Waals surface area contributed by atoms with Crippen molar-refractivity contribution in [2.45, 2.75) is 12.3 Å². The Morgan fingerprint density at radius 2 is 2.06 bits per heavy atom. The highest BCUT2D eigenvalue weighted by molar-refractivity contribution is 9.10. The van der Waals surface area contributed by atoms with Gasteiger partial charge in [-0.05, 0) is 58.2 Å². The maximum Gasteiger partial charge on any atom is 0.169 e. The summed E-state index contributed by atoms with van der Waals surface area (Å²) in [6.07, 6.45) is 0. The van der Waals surface area contributed by atoms with E-state index >= 15 is 0 Å². The second-order valence-corrected chi connectivity index (χ2v) is 4.94.